The summed E-state index contributed by atoms with van der Waals surface area (Å²) in [6, 6.07) is 27.2. The molecule has 0 radical (unpaired) electrons. The van der Waals surface area contributed by atoms with Crippen LogP contribution >= 0.6 is 11.8 Å². The number of rotatable bonds is 8. The Balaban J connectivity index is 1.45. The molecule has 5 heteroatoms. The number of carbonyl (C=O) groups is 1. The van der Waals surface area contributed by atoms with E-state index in [0.717, 1.165) is 22.8 Å². The minimum atomic E-state index is -0.181. The van der Waals surface area contributed by atoms with E-state index in [9.17, 15) is 4.79 Å². The molecule has 0 aromatic heterocycles. The number of hydrogen-bond donors (Lipinski definition) is 1. The van der Waals surface area contributed by atoms with E-state index in [-0.39, 0.29) is 11.2 Å². The normalized spacial score (nSPS) is 11.9. The highest BCUT2D eigenvalue weighted by molar-refractivity contribution is 7.99. The SMILES string of the molecule is CC(SCc1ccccc1)C(=O)N/N=C/c1ccc(Oc2ccccc2)cc1. The fraction of sp³-hybridized carbons (Fsp3) is 0.130. The van der Waals surface area contributed by atoms with Crippen LogP contribution in [0.3, 0.4) is 0 Å². The molecule has 3 rings (SSSR count). The number of carbonyl (C=O) groups excluding carboxylic acids is 1. The van der Waals surface area contributed by atoms with Crippen molar-refractivity contribution in [2.24, 2.45) is 5.10 Å². The first-order valence-electron chi connectivity index (χ1n) is 9.02. The first-order chi connectivity index (χ1) is 13.7. The fourth-order valence-electron chi connectivity index (χ4n) is 2.38. The van der Waals surface area contributed by atoms with E-state index < -0.39 is 0 Å². The van der Waals surface area contributed by atoms with E-state index >= 15 is 0 Å². The second kappa shape index (κ2) is 10.3. The summed E-state index contributed by atoms with van der Waals surface area (Å²) in [7, 11) is 0. The zero-order valence-corrected chi connectivity index (χ0v) is 16.4. The van der Waals surface area contributed by atoms with Gasteiger partial charge in [0.15, 0.2) is 0 Å². The van der Waals surface area contributed by atoms with Crippen molar-refractivity contribution in [3.63, 3.8) is 0 Å². The van der Waals surface area contributed by atoms with Crippen LogP contribution in [0.5, 0.6) is 11.5 Å². The molecule has 0 fully saturated rings. The molecule has 1 amide bonds. The van der Waals surface area contributed by atoms with Gasteiger partial charge in [-0.25, -0.2) is 5.43 Å². The lowest BCUT2D eigenvalue weighted by Crippen LogP contribution is -2.26. The predicted octanol–water partition coefficient (Wildman–Crippen LogP) is 5.25. The quantitative estimate of drug-likeness (QED) is 0.422. The highest BCUT2D eigenvalue weighted by atomic mass is 32.2. The third kappa shape index (κ3) is 6.28. The lowest BCUT2D eigenvalue weighted by atomic mass is 10.2. The van der Waals surface area contributed by atoms with Gasteiger partial charge in [-0.3, -0.25) is 4.79 Å². The topological polar surface area (TPSA) is 50.7 Å². The largest absolute Gasteiger partial charge is 0.457 e. The third-order valence-electron chi connectivity index (χ3n) is 3.96. The molecule has 0 bridgehead atoms. The number of ether oxygens (including phenoxy) is 1. The summed E-state index contributed by atoms with van der Waals surface area (Å²) in [6.07, 6.45) is 1.62. The van der Waals surface area contributed by atoms with Crippen LogP contribution in [-0.2, 0) is 10.5 Å². The van der Waals surface area contributed by atoms with Crippen molar-refractivity contribution in [3.05, 3.63) is 96.1 Å². The summed E-state index contributed by atoms with van der Waals surface area (Å²) in [5.74, 6) is 2.22. The molecule has 0 aliphatic carbocycles. The highest BCUT2D eigenvalue weighted by Crippen LogP contribution is 2.21. The molecule has 4 nitrogen and oxygen atoms in total. The minimum Gasteiger partial charge on any atom is -0.457 e. The molecule has 1 atom stereocenters. The number of nitrogens with zero attached hydrogens (tertiary/aromatic N) is 1. The van der Waals surface area contributed by atoms with E-state index in [4.69, 9.17) is 4.74 Å². The zero-order valence-electron chi connectivity index (χ0n) is 15.6. The van der Waals surface area contributed by atoms with Gasteiger partial charge >= 0.3 is 0 Å². The van der Waals surface area contributed by atoms with Crippen molar-refractivity contribution in [1.82, 2.24) is 5.43 Å². The zero-order chi connectivity index (χ0) is 19.6. The molecule has 28 heavy (non-hydrogen) atoms. The molecule has 3 aromatic carbocycles. The second-order valence-electron chi connectivity index (χ2n) is 6.16. The Morgan fingerprint density at radius 3 is 2.25 bits per heavy atom. The molecule has 0 aliphatic heterocycles. The molecule has 1 unspecified atom stereocenters. The standard InChI is InChI=1S/C23H22N2O2S/c1-18(28-17-20-8-4-2-5-9-20)23(26)25-24-16-19-12-14-22(15-13-19)27-21-10-6-3-7-11-21/h2-16,18H,17H2,1H3,(H,25,26)/b24-16+. The number of hydrazone groups is 1. The van der Waals surface area contributed by atoms with Crippen molar-refractivity contribution in [3.8, 4) is 11.5 Å². The van der Waals surface area contributed by atoms with Gasteiger partial charge in [-0.1, -0.05) is 48.5 Å². The lowest BCUT2D eigenvalue weighted by molar-refractivity contribution is -0.120. The van der Waals surface area contributed by atoms with Crippen molar-refractivity contribution < 1.29 is 9.53 Å². The van der Waals surface area contributed by atoms with Crippen molar-refractivity contribution in [2.75, 3.05) is 0 Å². The van der Waals surface area contributed by atoms with Crippen LogP contribution in [0.25, 0.3) is 0 Å². The Morgan fingerprint density at radius 2 is 1.57 bits per heavy atom. The number of thioether (sulfide) groups is 1. The Kier molecular flexibility index (Phi) is 7.27. The summed E-state index contributed by atoms with van der Waals surface area (Å²) < 4.78 is 5.75. The molecule has 0 aliphatic rings. The van der Waals surface area contributed by atoms with Crippen molar-refractivity contribution >= 4 is 23.9 Å². The van der Waals surface area contributed by atoms with Crippen LogP contribution in [0.4, 0.5) is 0 Å². The molecule has 3 aromatic rings. The van der Waals surface area contributed by atoms with E-state index in [2.05, 4.69) is 22.7 Å². The number of nitrogens with one attached hydrogen (secondary N) is 1. The molecule has 0 saturated carbocycles. The highest BCUT2D eigenvalue weighted by Gasteiger charge is 2.12. The number of amides is 1. The van der Waals surface area contributed by atoms with Gasteiger partial charge in [-0.05, 0) is 54.4 Å². The molecule has 0 heterocycles. The minimum absolute atomic E-state index is 0.110. The first-order valence-corrected chi connectivity index (χ1v) is 10.1. The number of para-hydroxylation sites is 1. The van der Waals surface area contributed by atoms with E-state index in [1.807, 2.05) is 79.7 Å². The van der Waals surface area contributed by atoms with Gasteiger partial charge in [0, 0.05) is 5.75 Å². The second-order valence-corrected chi connectivity index (χ2v) is 7.49. The molecule has 0 saturated heterocycles. The van der Waals surface area contributed by atoms with Gasteiger partial charge in [-0.15, -0.1) is 11.8 Å². The maximum atomic E-state index is 12.1. The van der Waals surface area contributed by atoms with Crippen LogP contribution in [0.1, 0.15) is 18.1 Å². The molecule has 1 N–H and O–H groups in total. The average molecular weight is 391 g/mol. The van der Waals surface area contributed by atoms with Crippen LogP contribution in [-0.4, -0.2) is 17.4 Å². The Hall–Kier alpha value is -3.05. The van der Waals surface area contributed by atoms with Crippen LogP contribution in [0, 0.1) is 0 Å². The van der Waals surface area contributed by atoms with Crippen molar-refractivity contribution in [1.29, 1.82) is 0 Å². The van der Waals surface area contributed by atoms with Gasteiger partial charge < -0.3 is 4.74 Å². The molecule has 0 spiro atoms. The summed E-state index contributed by atoms with van der Waals surface area (Å²) in [4.78, 5) is 12.1. The summed E-state index contributed by atoms with van der Waals surface area (Å²) in [6.45, 7) is 1.88. The number of benzene rings is 3. The molecule has 142 valence electrons. The van der Waals surface area contributed by atoms with E-state index in [1.54, 1.807) is 18.0 Å². The fourth-order valence-corrected chi connectivity index (χ4v) is 3.22. The van der Waals surface area contributed by atoms with E-state index in [1.165, 1.54) is 5.56 Å². The van der Waals surface area contributed by atoms with Crippen molar-refractivity contribution in [2.45, 2.75) is 17.9 Å². The van der Waals surface area contributed by atoms with E-state index in [0.29, 0.717) is 0 Å². The lowest BCUT2D eigenvalue weighted by Gasteiger charge is -2.09. The Morgan fingerprint density at radius 1 is 0.964 bits per heavy atom. The predicted molar refractivity (Wildman–Crippen MR) is 116 cm³/mol. The Bertz CT molecular complexity index is 897. The van der Waals surface area contributed by atoms with Gasteiger partial charge in [0.05, 0.1) is 11.5 Å². The summed E-state index contributed by atoms with van der Waals surface area (Å²) in [5.41, 5.74) is 4.68. The monoisotopic (exact) mass is 390 g/mol. The average Bonchev–Trinajstić information content (AvgIpc) is 2.74. The Labute approximate surface area is 169 Å². The van der Waals surface area contributed by atoms with Crippen LogP contribution in [0.15, 0.2) is 90.0 Å². The third-order valence-corrected chi connectivity index (χ3v) is 5.17. The molecular formula is C23H22N2O2S. The smallest absolute Gasteiger partial charge is 0.252 e. The van der Waals surface area contributed by atoms with Gasteiger partial charge in [0.25, 0.3) is 5.91 Å². The van der Waals surface area contributed by atoms with Gasteiger partial charge in [0.1, 0.15) is 11.5 Å². The maximum absolute atomic E-state index is 12.1. The maximum Gasteiger partial charge on any atom is 0.252 e. The van der Waals surface area contributed by atoms with Gasteiger partial charge in [-0.2, -0.15) is 5.10 Å². The van der Waals surface area contributed by atoms with Gasteiger partial charge in [0.2, 0.25) is 0 Å². The number of hydrogen-bond acceptors (Lipinski definition) is 4. The summed E-state index contributed by atoms with van der Waals surface area (Å²) in [5, 5.41) is 3.87. The summed E-state index contributed by atoms with van der Waals surface area (Å²) >= 11 is 1.58. The van der Waals surface area contributed by atoms with Crippen LogP contribution < -0.4 is 10.2 Å². The first kappa shape index (κ1) is 19.7. The van der Waals surface area contributed by atoms with Crippen LogP contribution in [0.2, 0.25) is 0 Å². The molecular weight excluding hydrogens is 368 g/mol.